The van der Waals surface area contributed by atoms with Gasteiger partial charge in [-0.3, -0.25) is 4.79 Å². The Balaban J connectivity index is 3.10. The average molecular weight is 274 g/mol. The van der Waals surface area contributed by atoms with Gasteiger partial charge < -0.3 is 0 Å². The molecule has 2 heteroatoms. The van der Waals surface area contributed by atoms with Crippen molar-refractivity contribution in [1.82, 2.24) is 0 Å². The van der Waals surface area contributed by atoms with E-state index in [-0.39, 0.29) is 0 Å². The highest BCUT2D eigenvalue weighted by Gasteiger charge is 2.02. The van der Waals surface area contributed by atoms with Gasteiger partial charge in [-0.1, -0.05) is 26.0 Å². The second-order valence-electron chi connectivity index (χ2n) is 3.05. The molecular weight excluding hydrogens is 263 g/mol. The Morgan fingerprint density at radius 1 is 1.42 bits per heavy atom. The third-order valence-corrected chi connectivity index (χ3v) is 2.75. The normalized spacial score (nSPS) is 10.3. The Kier molecular flexibility index (Phi) is 3.26. The fourth-order valence-electron chi connectivity index (χ4n) is 0.998. The first-order valence-corrected chi connectivity index (χ1v) is 4.97. The van der Waals surface area contributed by atoms with Gasteiger partial charge in [-0.25, -0.2) is 0 Å². The van der Waals surface area contributed by atoms with Crippen molar-refractivity contribution in [2.75, 3.05) is 0 Å². The minimum atomic E-state index is 0.527. The van der Waals surface area contributed by atoms with Crippen LogP contribution in [0, 0.1) is 3.57 Å². The van der Waals surface area contributed by atoms with Crippen molar-refractivity contribution in [3.63, 3.8) is 0 Å². The first kappa shape index (κ1) is 9.71. The summed E-state index contributed by atoms with van der Waals surface area (Å²) in [5.74, 6) is 0.527. The van der Waals surface area contributed by atoms with Crippen LogP contribution in [0.1, 0.15) is 35.7 Å². The summed E-state index contributed by atoms with van der Waals surface area (Å²) in [4.78, 5) is 10.5. The van der Waals surface area contributed by atoms with Crippen molar-refractivity contribution >= 4 is 28.9 Å². The Bertz CT molecular complexity index is 292. The van der Waals surface area contributed by atoms with Gasteiger partial charge in [-0.15, -0.1) is 0 Å². The molecule has 0 aliphatic carbocycles. The molecule has 0 aliphatic rings. The average Bonchev–Trinajstić information content (AvgIpc) is 2.04. The molecule has 64 valence electrons. The van der Waals surface area contributed by atoms with Gasteiger partial charge in [0, 0.05) is 9.13 Å². The Morgan fingerprint density at radius 2 is 2.08 bits per heavy atom. The van der Waals surface area contributed by atoms with E-state index in [0.717, 1.165) is 15.4 Å². The molecule has 0 heterocycles. The highest BCUT2D eigenvalue weighted by molar-refractivity contribution is 14.1. The van der Waals surface area contributed by atoms with Crippen LogP contribution < -0.4 is 0 Å². The molecule has 1 rings (SSSR count). The number of benzene rings is 1. The lowest BCUT2D eigenvalue weighted by atomic mass is 10.0. The summed E-state index contributed by atoms with van der Waals surface area (Å²) in [6.07, 6.45) is 0.895. The minimum absolute atomic E-state index is 0.527. The molecule has 0 aliphatic heterocycles. The van der Waals surface area contributed by atoms with Crippen molar-refractivity contribution < 1.29 is 4.79 Å². The van der Waals surface area contributed by atoms with Gasteiger partial charge in [0.05, 0.1) is 0 Å². The van der Waals surface area contributed by atoms with Crippen LogP contribution in [-0.2, 0) is 0 Å². The van der Waals surface area contributed by atoms with Crippen LogP contribution in [0.5, 0.6) is 0 Å². The maximum absolute atomic E-state index is 10.5. The molecule has 0 saturated carbocycles. The van der Waals surface area contributed by atoms with Gasteiger partial charge in [-0.05, 0) is 40.1 Å². The predicted octanol–water partition coefficient (Wildman–Crippen LogP) is 3.23. The maximum Gasteiger partial charge on any atom is 0.151 e. The quantitative estimate of drug-likeness (QED) is 0.597. The summed E-state index contributed by atoms with van der Waals surface area (Å²) < 4.78 is 1.04. The van der Waals surface area contributed by atoms with Gasteiger partial charge in [0.25, 0.3) is 0 Å². The predicted molar refractivity (Wildman–Crippen MR) is 58.6 cm³/mol. The van der Waals surface area contributed by atoms with E-state index in [2.05, 4.69) is 42.5 Å². The van der Waals surface area contributed by atoms with Crippen molar-refractivity contribution in [3.8, 4) is 0 Å². The maximum atomic E-state index is 10.5. The molecule has 0 fully saturated rings. The molecule has 0 atom stereocenters. The molecule has 1 aromatic rings. The van der Waals surface area contributed by atoms with Gasteiger partial charge in [-0.2, -0.15) is 0 Å². The second-order valence-corrected chi connectivity index (χ2v) is 4.22. The number of carbonyl (C=O) groups excluding carboxylic acids is 1. The summed E-state index contributed by atoms with van der Waals surface area (Å²) in [5, 5.41) is 0. The topological polar surface area (TPSA) is 17.1 Å². The van der Waals surface area contributed by atoms with E-state index in [9.17, 15) is 4.79 Å². The number of carbonyl (C=O) groups is 1. The van der Waals surface area contributed by atoms with Crippen LogP contribution in [0.25, 0.3) is 0 Å². The van der Waals surface area contributed by atoms with Crippen molar-refractivity contribution in [1.29, 1.82) is 0 Å². The number of aldehydes is 1. The Hall–Kier alpha value is -0.380. The summed E-state index contributed by atoms with van der Waals surface area (Å²) >= 11 is 2.19. The van der Waals surface area contributed by atoms with Crippen molar-refractivity contribution in [2.45, 2.75) is 19.8 Å². The fraction of sp³-hybridized carbons (Fsp3) is 0.300. The summed E-state index contributed by atoms with van der Waals surface area (Å²) in [7, 11) is 0. The number of rotatable bonds is 2. The molecular formula is C10H11IO. The van der Waals surface area contributed by atoms with Gasteiger partial charge in [0.2, 0.25) is 0 Å². The number of hydrogen-bond acceptors (Lipinski definition) is 1. The molecule has 0 unspecified atom stereocenters. The SMILES string of the molecule is CC(C)c1ccc(C=O)c(I)c1. The van der Waals surface area contributed by atoms with Gasteiger partial charge in [0.15, 0.2) is 6.29 Å². The lowest BCUT2D eigenvalue weighted by Gasteiger charge is -2.06. The molecule has 0 radical (unpaired) electrons. The lowest BCUT2D eigenvalue weighted by molar-refractivity contribution is 0.112. The molecule has 12 heavy (non-hydrogen) atoms. The zero-order valence-electron chi connectivity index (χ0n) is 7.17. The minimum Gasteiger partial charge on any atom is -0.298 e. The smallest absolute Gasteiger partial charge is 0.151 e. The first-order valence-electron chi connectivity index (χ1n) is 3.89. The standard InChI is InChI=1S/C10H11IO/c1-7(2)8-3-4-9(6-12)10(11)5-8/h3-7H,1-2H3. The van der Waals surface area contributed by atoms with Crippen molar-refractivity contribution in [3.05, 3.63) is 32.9 Å². The summed E-state index contributed by atoms with van der Waals surface area (Å²) in [5.41, 5.74) is 2.06. The zero-order valence-corrected chi connectivity index (χ0v) is 9.33. The zero-order chi connectivity index (χ0) is 9.14. The van der Waals surface area contributed by atoms with Gasteiger partial charge in [0.1, 0.15) is 0 Å². The molecule has 0 spiro atoms. The largest absolute Gasteiger partial charge is 0.298 e. The first-order chi connectivity index (χ1) is 5.65. The van der Waals surface area contributed by atoms with Crippen LogP contribution in [0.2, 0.25) is 0 Å². The van der Waals surface area contributed by atoms with E-state index in [1.165, 1.54) is 5.56 Å². The highest BCUT2D eigenvalue weighted by atomic mass is 127. The summed E-state index contributed by atoms with van der Waals surface area (Å²) in [6.45, 7) is 4.29. The Morgan fingerprint density at radius 3 is 2.50 bits per heavy atom. The van der Waals surface area contributed by atoms with Crippen LogP contribution in [0.4, 0.5) is 0 Å². The molecule has 0 bridgehead atoms. The number of hydrogen-bond donors (Lipinski definition) is 0. The molecule has 0 N–H and O–H groups in total. The van der Waals surface area contributed by atoms with Crippen LogP contribution in [-0.4, -0.2) is 6.29 Å². The van der Waals surface area contributed by atoms with Crippen LogP contribution in [0.3, 0.4) is 0 Å². The third kappa shape index (κ3) is 2.06. The van der Waals surface area contributed by atoms with Crippen LogP contribution >= 0.6 is 22.6 Å². The van der Waals surface area contributed by atoms with E-state index < -0.39 is 0 Å². The third-order valence-electron chi connectivity index (χ3n) is 1.82. The molecule has 0 amide bonds. The Labute approximate surface area is 86.3 Å². The van der Waals surface area contributed by atoms with E-state index in [0.29, 0.717) is 5.92 Å². The number of halogens is 1. The van der Waals surface area contributed by atoms with Gasteiger partial charge >= 0.3 is 0 Å². The monoisotopic (exact) mass is 274 g/mol. The summed E-state index contributed by atoms with van der Waals surface area (Å²) in [6, 6.07) is 5.95. The van der Waals surface area contributed by atoms with E-state index >= 15 is 0 Å². The second kappa shape index (κ2) is 4.03. The van der Waals surface area contributed by atoms with E-state index in [1.54, 1.807) is 0 Å². The molecule has 1 aromatic carbocycles. The lowest BCUT2D eigenvalue weighted by Crippen LogP contribution is -1.91. The molecule has 0 aromatic heterocycles. The van der Waals surface area contributed by atoms with Crippen LogP contribution in [0.15, 0.2) is 18.2 Å². The fourth-order valence-corrected chi connectivity index (χ4v) is 1.66. The molecule has 1 nitrogen and oxygen atoms in total. The highest BCUT2D eigenvalue weighted by Crippen LogP contribution is 2.19. The van der Waals surface area contributed by atoms with E-state index in [1.807, 2.05) is 12.1 Å². The van der Waals surface area contributed by atoms with E-state index in [4.69, 9.17) is 0 Å². The van der Waals surface area contributed by atoms with Crippen molar-refractivity contribution in [2.24, 2.45) is 0 Å². The molecule has 0 saturated heterocycles.